The first-order valence-corrected chi connectivity index (χ1v) is 7.89. The van der Waals surface area contributed by atoms with Crippen LogP contribution in [0.5, 0.6) is 5.75 Å². The Morgan fingerprint density at radius 3 is 2.26 bits per heavy atom. The van der Waals surface area contributed by atoms with Gasteiger partial charge in [0.2, 0.25) is 0 Å². The van der Waals surface area contributed by atoms with Crippen molar-refractivity contribution in [2.75, 3.05) is 6.61 Å². The maximum Gasteiger partial charge on any atom is 0.119 e. The highest BCUT2D eigenvalue weighted by Gasteiger charge is 2.30. The lowest BCUT2D eigenvalue weighted by Gasteiger charge is -2.37. The summed E-state index contributed by atoms with van der Waals surface area (Å²) in [5, 5.41) is 0. The molecule has 0 spiro atoms. The molecule has 1 nitrogen and oxygen atoms in total. The molecule has 1 aliphatic carbocycles. The normalized spacial score (nSPS) is 27.2. The van der Waals surface area contributed by atoms with Crippen molar-refractivity contribution >= 4 is 0 Å². The third-order valence-corrected chi connectivity index (χ3v) is 4.71. The van der Waals surface area contributed by atoms with Gasteiger partial charge in [0.25, 0.3) is 0 Å². The van der Waals surface area contributed by atoms with Crippen molar-refractivity contribution in [1.82, 2.24) is 0 Å². The van der Waals surface area contributed by atoms with Crippen molar-refractivity contribution in [1.29, 1.82) is 0 Å². The molecule has 1 aliphatic rings. The molecule has 2 rings (SSSR count). The van der Waals surface area contributed by atoms with Gasteiger partial charge < -0.3 is 4.74 Å². The summed E-state index contributed by atoms with van der Waals surface area (Å²) in [6.07, 6.45) is 8.19. The summed E-state index contributed by atoms with van der Waals surface area (Å²) >= 11 is 0. The molecule has 0 N–H and O–H groups in total. The molecule has 1 saturated carbocycles. The maximum atomic E-state index is 5.51. The van der Waals surface area contributed by atoms with E-state index in [1.54, 1.807) is 0 Å². The molecule has 0 aliphatic heterocycles. The van der Waals surface area contributed by atoms with Crippen LogP contribution in [0.15, 0.2) is 24.3 Å². The summed E-state index contributed by atoms with van der Waals surface area (Å²) in [5.74, 6) is 1.76. The van der Waals surface area contributed by atoms with E-state index in [1.165, 1.54) is 44.1 Å². The lowest BCUT2D eigenvalue weighted by molar-refractivity contribution is 0.182. The average Bonchev–Trinajstić information content (AvgIpc) is 2.41. The predicted octanol–water partition coefficient (Wildman–Crippen LogP) is 5.55. The fourth-order valence-electron chi connectivity index (χ4n) is 3.50. The molecule has 0 heterocycles. The topological polar surface area (TPSA) is 9.23 Å². The smallest absolute Gasteiger partial charge is 0.119 e. The molecule has 0 saturated heterocycles. The van der Waals surface area contributed by atoms with Crippen LogP contribution in [-0.4, -0.2) is 6.61 Å². The van der Waals surface area contributed by atoms with E-state index in [2.05, 4.69) is 38.1 Å². The SMILES string of the molecule is CCCC1(C)CCC(c2ccc(OCC)cc2)CC1. The molecule has 1 fully saturated rings. The first kappa shape index (κ1) is 14.4. The van der Waals surface area contributed by atoms with Gasteiger partial charge in [0.15, 0.2) is 0 Å². The van der Waals surface area contributed by atoms with Crippen molar-refractivity contribution in [3.05, 3.63) is 29.8 Å². The minimum atomic E-state index is 0.608. The van der Waals surface area contributed by atoms with Gasteiger partial charge in [-0.1, -0.05) is 32.4 Å². The first-order chi connectivity index (χ1) is 9.17. The standard InChI is InChI=1S/C18H28O/c1-4-12-18(3)13-10-16(11-14-18)15-6-8-17(9-7-15)19-5-2/h6-9,16H,4-5,10-14H2,1-3H3. The van der Waals surface area contributed by atoms with Gasteiger partial charge in [0.1, 0.15) is 5.75 Å². The Kier molecular flexibility index (Phi) is 4.90. The van der Waals surface area contributed by atoms with Gasteiger partial charge in [-0.2, -0.15) is 0 Å². The summed E-state index contributed by atoms with van der Waals surface area (Å²) in [4.78, 5) is 0. The van der Waals surface area contributed by atoms with Gasteiger partial charge in [-0.15, -0.1) is 0 Å². The Balaban J connectivity index is 1.93. The maximum absolute atomic E-state index is 5.51. The van der Waals surface area contributed by atoms with Gasteiger partial charge in [-0.3, -0.25) is 0 Å². The molecule has 1 heteroatoms. The minimum Gasteiger partial charge on any atom is -0.494 e. The summed E-state index contributed by atoms with van der Waals surface area (Å²) in [5.41, 5.74) is 2.11. The molecule has 0 unspecified atom stereocenters. The van der Waals surface area contributed by atoms with Crippen LogP contribution in [0.3, 0.4) is 0 Å². The highest BCUT2D eigenvalue weighted by Crippen LogP contribution is 2.45. The summed E-state index contributed by atoms with van der Waals surface area (Å²) in [7, 11) is 0. The van der Waals surface area contributed by atoms with Crippen molar-refractivity contribution < 1.29 is 4.74 Å². The fourth-order valence-corrected chi connectivity index (χ4v) is 3.50. The van der Waals surface area contributed by atoms with E-state index in [0.717, 1.165) is 18.3 Å². The van der Waals surface area contributed by atoms with E-state index in [-0.39, 0.29) is 0 Å². The number of rotatable bonds is 5. The van der Waals surface area contributed by atoms with Crippen LogP contribution in [0, 0.1) is 5.41 Å². The Morgan fingerprint density at radius 1 is 1.11 bits per heavy atom. The molecular weight excluding hydrogens is 232 g/mol. The molecule has 0 aromatic heterocycles. The number of hydrogen-bond donors (Lipinski definition) is 0. The quantitative estimate of drug-likeness (QED) is 0.674. The molecular formula is C18H28O. The van der Waals surface area contributed by atoms with Crippen molar-refractivity contribution in [3.63, 3.8) is 0 Å². The summed E-state index contributed by atoms with van der Waals surface area (Å²) in [6.45, 7) is 7.57. The average molecular weight is 260 g/mol. The van der Waals surface area contributed by atoms with Crippen molar-refractivity contribution in [2.24, 2.45) is 5.41 Å². The second kappa shape index (κ2) is 6.45. The molecule has 0 amide bonds. The molecule has 0 radical (unpaired) electrons. The van der Waals surface area contributed by atoms with Gasteiger partial charge >= 0.3 is 0 Å². The van der Waals surface area contributed by atoms with E-state index in [0.29, 0.717) is 5.41 Å². The van der Waals surface area contributed by atoms with Gasteiger partial charge in [-0.05, 0) is 68.1 Å². The number of ether oxygens (including phenoxy) is 1. The Bertz CT molecular complexity index is 371. The van der Waals surface area contributed by atoms with Crippen LogP contribution < -0.4 is 4.74 Å². The van der Waals surface area contributed by atoms with Crippen LogP contribution in [0.25, 0.3) is 0 Å². The summed E-state index contributed by atoms with van der Waals surface area (Å²) < 4.78 is 5.51. The van der Waals surface area contributed by atoms with Crippen LogP contribution in [0.2, 0.25) is 0 Å². The second-order valence-electron chi connectivity index (χ2n) is 6.34. The van der Waals surface area contributed by atoms with Crippen LogP contribution in [0.4, 0.5) is 0 Å². The van der Waals surface area contributed by atoms with Gasteiger partial charge in [-0.25, -0.2) is 0 Å². The van der Waals surface area contributed by atoms with Gasteiger partial charge in [0.05, 0.1) is 6.61 Å². The molecule has 0 atom stereocenters. The minimum absolute atomic E-state index is 0.608. The zero-order valence-electron chi connectivity index (χ0n) is 12.7. The fraction of sp³-hybridized carbons (Fsp3) is 0.667. The van der Waals surface area contributed by atoms with Crippen molar-refractivity contribution in [2.45, 2.75) is 65.2 Å². The monoisotopic (exact) mass is 260 g/mol. The molecule has 0 bridgehead atoms. The predicted molar refractivity (Wildman–Crippen MR) is 81.8 cm³/mol. The first-order valence-electron chi connectivity index (χ1n) is 7.89. The summed E-state index contributed by atoms with van der Waals surface area (Å²) in [6, 6.07) is 8.77. The number of hydrogen-bond acceptors (Lipinski definition) is 1. The zero-order valence-corrected chi connectivity index (χ0v) is 12.7. The van der Waals surface area contributed by atoms with Crippen LogP contribution in [0.1, 0.15) is 70.8 Å². The third-order valence-electron chi connectivity index (χ3n) is 4.71. The lowest BCUT2D eigenvalue weighted by atomic mass is 9.68. The van der Waals surface area contributed by atoms with E-state index in [1.807, 2.05) is 6.92 Å². The lowest BCUT2D eigenvalue weighted by Crippen LogP contribution is -2.23. The van der Waals surface area contributed by atoms with Crippen molar-refractivity contribution in [3.8, 4) is 5.75 Å². The zero-order chi connectivity index (χ0) is 13.7. The molecule has 19 heavy (non-hydrogen) atoms. The Morgan fingerprint density at radius 2 is 1.74 bits per heavy atom. The Labute approximate surface area is 118 Å². The second-order valence-corrected chi connectivity index (χ2v) is 6.34. The van der Waals surface area contributed by atoms with Crippen LogP contribution >= 0.6 is 0 Å². The molecule has 1 aromatic carbocycles. The highest BCUT2D eigenvalue weighted by atomic mass is 16.5. The van der Waals surface area contributed by atoms with E-state index in [9.17, 15) is 0 Å². The van der Waals surface area contributed by atoms with Crippen LogP contribution in [-0.2, 0) is 0 Å². The Hall–Kier alpha value is -0.980. The highest BCUT2D eigenvalue weighted by molar-refractivity contribution is 5.29. The largest absolute Gasteiger partial charge is 0.494 e. The van der Waals surface area contributed by atoms with Gasteiger partial charge in [0, 0.05) is 0 Å². The number of benzene rings is 1. The van der Waals surface area contributed by atoms with E-state index < -0.39 is 0 Å². The van der Waals surface area contributed by atoms with E-state index >= 15 is 0 Å². The molecule has 106 valence electrons. The van der Waals surface area contributed by atoms with E-state index in [4.69, 9.17) is 4.74 Å². The third kappa shape index (κ3) is 3.75. The molecule has 1 aromatic rings.